The Morgan fingerprint density at radius 2 is 1.88 bits per heavy atom. The number of anilines is 2. The number of sulfonamides is 1. The zero-order valence-corrected chi connectivity index (χ0v) is 16.6. The number of halogens is 1. The molecule has 0 atom stereocenters. The summed E-state index contributed by atoms with van der Waals surface area (Å²) in [7, 11) is -3.29. The van der Waals surface area contributed by atoms with Gasteiger partial charge in [-0.05, 0) is 38.1 Å². The quantitative estimate of drug-likeness (QED) is 0.695. The topological polar surface area (TPSA) is 100 Å². The summed E-state index contributed by atoms with van der Waals surface area (Å²) in [5.41, 5.74) is 2.11. The highest BCUT2D eigenvalue weighted by atomic mass is 35.5. The van der Waals surface area contributed by atoms with Gasteiger partial charge in [-0.2, -0.15) is 0 Å². The maximum atomic E-state index is 12.3. The summed E-state index contributed by atoms with van der Waals surface area (Å²) in [5, 5.41) is 8.59. The fraction of sp³-hybridized carbons (Fsp3) is 0.375. The zero-order valence-electron chi connectivity index (χ0n) is 14.2. The van der Waals surface area contributed by atoms with E-state index in [2.05, 4.69) is 20.3 Å². The van der Waals surface area contributed by atoms with Crippen molar-refractivity contribution in [3.63, 3.8) is 0 Å². The van der Waals surface area contributed by atoms with Gasteiger partial charge in [0.2, 0.25) is 15.9 Å². The lowest BCUT2D eigenvalue weighted by molar-refractivity contribution is -0.120. The number of carbonyl (C=O) groups is 1. The Morgan fingerprint density at radius 3 is 2.50 bits per heavy atom. The highest BCUT2D eigenvalue weighted by Gasteiger charge is 2.21. The number of rotatable bonds is 5. The van der Waals surface area contributed by atoms with E-state index in [1.807, 2.05) is 5.38 Å². The second-order valence-electron chi connectivity index (χ2n) is 6.00. The average Bonchev–Trinajstić information content (AvgIpc) is 3.03. The molecular formula is C16H21ClN4O3S2. The van der Waals surface area contributed by atoms with Crippen molar-refractivity contribution in [3.8, 4) is 11.3 Å². The van der Waals surface area contributed by atoms with Crippen molar-refractivity contribution < 1.29 is 13.2 Å². The number of aromatic nitrogens is 1. The lowest BCUT2D eigenvalue weighted by atomic mass is 9.97. The molecular weight excluding hydrogens is 396 g/mol. The molecule has 1 aliphatic heterocycles. The van der Waals surface area contributed by atoms with Crippen molar-refractivity contribution in [1.82, 2.24) is 10.3 Å². The van der Waals surface area contributed by atoms with Gasteiger partial charge in [-0.25, -0.2) is 13.4 Å². The molecule has 3 N–H and O–H groups in total. The van der Waals surface area contributed by atoms with Crippen LogP contribution in [-0.2, 0) is 14.8 Å². The molecule has 0 spiro atoms. The molecule has 142 valence electrons. The first-order valence-corrected chi connectivity index (χ1v) is 10.7. The fourth-order valence-electron chi connectivity index (χ4n) is 2.68. The van der Waals surface area contributed by atoms with E-state index in [9.17, 15) is 13.2 Å². The minimum atomic E-state index is -3.29. The third-order valence-corrected chi connectivity index (χ3v) is 5.29. The SMILES string of the molecule is CS(=O)(=O)Nc1ccc(-c2csc(NC(=O)C3CCNCC3)n2)cc1.Cl. The number of amides is 1. The van der Waals surface area contributed by atoms with Gasteiger partial charge in [0.05, 0.1) is 11.9 Å². The summed E-state index contributed by atoms with van der Waals surface area (Å²) in [6, 6.07) is 6.95. The Hall–Kier alpha value is -1.68. The summed E-state index contributed by atoms with van der Waals surface area (Å²) in [6.45, 7) is 1.74. The van der Waals surface area contributed by atoms with E-state index in [0.29, 0.717) is 10.8 Å². The Bertz CT molecular complexity index is 847. The summed E-state index contributed by atoms with van der Waals surface area (Å²) >= 11 is 1.38. The van der Waals surface area contributed by atoms with Crippen LogP contribution in [0.1, 0.15) is 12.8 Å². The van der Waals surface area contributed by atoms with Crippen LogP contribution in [0.3, 0.4) is 0 Å². The Kier molecular flexibility index (Phi) is 6.99. The zero-order chi connectivity index (χ0) is 17.9. The summed E-state index contributed by atoms with van der Waals surface area (Å²) < 4.78 is 24.9. The molecule has 26 heavy (non-hydrogen) atoms. The molecule has 1 aromatic heterocycles. The molecule has 0 unspecified atom stereocenters. The Balaban J connectivity index is 0.00000243. The van der Waals surface area contributed by atoms with Gasteiger partial charge in [0.15, 0.2) is 5.13 Å². The molecule has 3 rings (SSSR count). The van der Waals surface area contributed by atoms with Crippen molar-refractivity contribution in [2.24, 2.45) is 5.92 Å². The average molecular weight is 417 g/mol. The number of piperidine rings is 1. The molecule has 0 radical (unpaired) electrons. The minimum Gasteiger partial charge on any atom is -0.317 e. The number of carbonyl (C=O) groups excluding carboxylic acids is 1. The van der Waals surface area contributed by atoms with Crippen LogP contribution in [0, 0.1) is 5.92 Å². The van der Waals surface area contributed by atoms with Gasteiger partial charge in [0.25, 0.3) is 0 Å². The minimum absolute atomic E-state index is 0. The van der Waals surface area contributed by atoms with Crippen LogP contribution in [0.25, 0.3) is 11.3 Å². The molecule has 0 bridgehead atoms. The van der Waals surface area contributed by atoms with Crippen molar-refractivity contribution in [2.45, 2.75) is 12.8 Å². The number of thiazole rings is 1. The van der Waals surface area contributed by atoms with Gasteiger partial charge in [-0.3, -0.25) is 9.52 Å². The van der Waals surface area contributed by atoms with Gasteiger partial charge in [-0.15, -0.1) is 23.7 Å². The highest BCUT2D eigenvalue weighted by molar-refractivity contribution is 7.92. The summed E-state index contributed by atoms with van der Waals surface area (Å²) in [5.74, 6) is 0.0602. The van der Waals surface area contributed by atoms with Gasteiger partial charge in [0.1, 0.15) is 0 Å². The van der Waals surface area contributed by atoms with Crippen LogP contribution in [0.5, 0.6) is 0 Å². The molecule has 0 saturated carbocycles. The van der Waals surface area contributed by atoms with Crippen molar-refractivity contribution in [2.75, 3.05) is 29.4 Å². The first-order valence-electron chi connectivity index (χ1n) is 7.96. The summed E-state index contributed by atoms with van der Waals surface area (Å²) in [4.78, 5) is 16.7. The first kappa shape index (κ1) is 20.6. The van der Waals surface area contributed by atoms with Crippen molar-refractivity contribution >= 4 is 50.5 Å². The predicted molar refractivity (Wildman–Crippen MR) is 107 cm³/mol. The van der Waals surface area contributed by atoms with Crippen LogP contribution < -0.4 is 15.4 Å². The van der Waals surface area contributed by atoms with E-state index in [0.717, 1.165) is 43.4 Å². The maximum Gasteiger partial charge on any atom is 0.229 e. The first-order chi connectivity index (χ1) is 11.9. The van der Waals surface area contributed by atoms with Gasteiger partial charge < -0.3 is 10.6 Å². The Labute approximate surface area is 163 Å². The third kappa shape index (κ3) is 5.66. The van der Waals surface area contributed by atoms with E-state index in [-0.39, 0.29) is 24.2 Å². The smallest absolute Gasteiger partial charge is 0.229 e. The van der Waals surface area contributed by atoms with Crippen molar-refractivity contribution in [1.29, 1.82) is 0 Å². The van der Waals surface area contributed by atoms with Gasteiger partial charge in [0, 0.05) is 22.5 Å². The van der Waals surface area contributed by atoms with E-state index in [1.165, 1.54) is 11.3 Å². The molecule has 2 heterocycles. The van der Waals surface area contributed by atoms with Gasteiger partial charge in [-0.1, -0.05) is 12.1 Å². The monoisotopic (exact) mass is 416 g/mol. The molecule has 2 aromatic rings. The third-order valence-electron chi connectivity index (χ3n) is 3.93. The predicted octanol–water partition coefficient (Wildman–Crippen LogP) is 2.54. The van der Waals surface area contributed by atoms with E-state index in [1.54, 1.807) is 24.3 Å². The van der Waals surface area contributed by atoms with E-state index in [4.69, 9.17) is 0 Å². The summed E-state index contributed by atoms with van der Waals surface area (Å²) in [6.07, 6.45) is 2.80. The molecule has 1 saturated heterocycles. The fourth-order valence-corrected chi connectivity index (χ4v) is 3.97. The second kappa shape index (κ2) is 8.81. The van der Waals surface area contributed by atoms with Crippen LogP contribution in [-0.4, -0.2) is 38.7 Å². The number of nitrogens with one attached hydrogen (secondary N) is 3. The normalized spacial score (nSPS) is 15.1. The molecule has 1 fully saturated rings. The van der Waals surface area contributed by atoms with Crippen LogP contribution in [0.4, 0.5) is 10.8 Å². The van der Waals surface area contributed by atoms with E-state index >= 15 is 0 Å². The highest BCUT2D eigenvalue weighted by Crippen LogP contribution is 2.27. The molecule has 0 aliphatic carbocycles. The molecule has 7 nitrogen and oxygen atoms in total. The number of hydrogen-bond acceptors (Lipinski definition) is 6. The molecule has 1 aliphatic rings. The molecule has 1 amide bonds. The van der Waals surface area contributed by atoms with E-state index < -0.39 is 10.0 Å². The van der Waals surface area contributed by atoms with Crippen LogP contribution in [0.15, 0.2) is 29.6 Å². The molecule has 1 aromatic carbocycles. The number of hydrogen-bond donors (Lipinski definition) is 3. The second-order valence-corrected chi connectivity index (χ2v) is 8.61. The number of benzene rings is 1. The maximum absolute atomic E-state index is 12.3. The lowest BCUT2D eigenvalue weighted by Gasteiger charge is -2.20. The van der Waals surface area contributed by atoms with Crippen molar-refractivity contribution in [3.05, 3.63) is 29.6 Å². The van der Waals surface area contributed by atoms with Gasteiger partial charge >= 0.3 is 0 Å². The molecule has 10 heteroatoms. The number of nitrogens with zero attached hydrogens (tertiary/aromatic N) is 1. The lowest BCUT2D eigenvalue weighted by Crippen LogP contribution is -2.34. The standard InChI is InChI=1S/C16H20N4O3S2.ClH/c1-25(22,23)20-13-4-2-11(3-5-13)14-10-24-16(18-14)19-15(21)12-6-8-17-9-7-12;/h2-5,10,12,17,20H,6-9H2,1H3,(H,18,19,21);1H. The Morgan fingerprint density at radius 1 is 1.23 bits per heavy atom. The van der Waals surface area contributed by atoms with Crippen LogP contribution in [0.2, 0.25) is 0 Å². The largest absolute Gasteiger partial charge is 0.317 e. The van der Waals surface area contributed by atoms with Crippen LogP contribution >= 0.6 is 23.7 Å².